The van der Waals surface area contributed by atoms with Gasteiger partial charge >= 0.3 is 0 Å². The van der Waals surface area contributed by atoms with E-state index in [1.54, 1.807) is 23.1 Å². The van der Waals surface area contributed by atoms with Crippen LogP contribution in [0.2, 0.25) is 0 Å². The van der Waals surface area contributed by atoms with Crippen LogP contribution in [0.5, 0.6) is 0 Å². The van der Waals surface area contributed by atoms with Crippen LogP contribution in [0, 0.1) is 0 Å². The first-order valence-corrected chi connectivity index (χ1v) is 9.61. The van der Waals surface area contributed by atoms with Gasteiger partial charge in [0.1, 0.15) is 11.1 Å². The zero-order valence-electron chi connectivity index (χ0n) is 12.9. The normalized spacial score (nSPS) is 17.2. The van der Waals surface area contributed by atoms with Crippen molar-refractivity contribution in [2.45, 2.75) is 62.6 Å². The van der Waals surface area contributed by atoms with Gasteiger partial charge in [0.15, 0.2) is 0 Å². The molecule has 0 unspecified atom stereocenters. The number of tetrazole rings is 1. The Morgan fingerprint density at radius 1 is 1.45 bits per heavy atom. The van der Waals surface area contributed by atoms with E-state index in [1.807, 2.05) is 18.5 Å². The largest absolute Gasteiger partial charge is 0.372 e. The molecule has 22 heavy (non-hydrogen) atoms. The molecule has 3 rings (SSSR count). The number of ether oxygens (including phenoxy) is 1. The molecule has 1 aliphatic rings. The molecule has 2 heterocycles. The summed E-state index contributed by atoms with van der Waals surface area (Å²) in [4.78, 5) is 4.65. The third-order valence-corrected chi connectivity index (χ3v) is 5.84. The number of aromatic nitrogens is 5. The van der Waals surface area contributed by atoms with Crippen molar-refractivity contribution in [2.24, 2.45) is 0 Å². The third-order valence-electron chi connectivity index (χ3n) is 3.82. The Balaban J connectivity index is 1.60. The molecule has 0 amide bonds. The lowest BCUT2D eigenvalue weighted by atomic mass is 10.3. The second-order valence-corrected chi connectivity index (χ2v) is 7.24. The van der Waals surface area contributed by atoms with Crippen LogP contribution in [0.4, 0.5) is 0 Å². The summed E-state index contributed by atoms with van der Waals surface area (Å²) in [5.74, 6) is 0.794. The molecule has 1 atom stereocenters. The Bertz CT molecular complexity index is 594. The van der Waals surface area contributed by atoms with Crippen molar-refractivity contribution in [1.82, 2.24) is 25.2 Å². The third kappa shape index (κ3) is 3.67. The summed E-state index contributed by atoms with van der Waals surface area (Å²) in [6.07, 6.45) is 4.99. The van der Waals surface area contributed by atoms with Gasteiger partial charge in [0.05, 0.1) is 11.7 Å². The molecule has 0 spiro atoms. The van der Waals surface area contributed by atoms with E-state index < -0.39 is 0 Å². The van der Waals surface area contributed by atoms with Crippen molar-refractivity contribution in [3.8, 4) is 0 Å². The Labute approximate surface area is 138 Å². The zero-order valence-corrected chi connectivity index (χ0v) is 14.6. The highest BCUT2D eigenvalue weighted by molar-refractivity contribution is 7.98. The first-order chi connectivity index (χ1) is 10.8. The first-order valence-electron chi connectivity index (χ1n) is 7.74. The van der Waals surface area contributed by atoms with E-state index in [0.717, 1.165) is 21.6 Å². The van der Waals surface area contributed by atoms with Crippen molar-refractivity contribution >= 4 is 23.1 Å². The van der Waals surface area contributed by atoms with E-state index in [1.165, 1.54) is 25.7 Å². The Kier molecular flexibility index (Phi) is 5.43. The number of thioether (sulfide) groups is 1. The van der Waals surface area contributed by atoms with E-state index in [0.29, 0.717) is 12.6 Å². The fourth-order valence-corrected chi connectivity index (χ4v) is 4.46. The van der Waals surface area contributed by atoms with Crippen molar-refractivity contribution in [3.63, 3.8) is 0 Å². The summed E-state index contributed by atoms with van der Waals surface area (Å²) in [5.41, 5.74) is 1.07. The number of nitrogens with zero attached hydrogens (tertiary/aromatic N) is 5. The minimum atomic E-state index is 0.0672. The van der Waals surface area contributed by atoms with E-state index >= 15 is 0 Å². The van der Waals surface area contributed by atoms with Gasteiger partial charge in [0.2, 0.25) is 5.16 Å². The molecule has 120 valence electrons. The zero-order chi connectivity index (χ0) is 15.4. The molecular formula is C14H21N5OS2. The van der Waals surface area contributed by atoms with Crippen LogP contribution < -0.4 is 0 Å². The molecule has 0 aromatic carbocycles. The van der Waals surface area contributed by atoms with E-state index in [9.17, 15) is 0 Å². The minimum absolute atomic E-state index is 0.0672. The molecule has 1 saturated carbocycles. The van der Waals surface area contributed by atoms with Crippen molar-refractivity contribution in [1.29, 1.82) is 0 Å². The summed E-state index contributed by atoms with van der Waals surface area (Å²) in [6, 6.07) is 0.474. The monoisotopic (exact) mass is 339 g/mol. The van der Waals surface area contributed by atoms with Gasteiger partial charge in [-0.05, 0) is 37.1 Å². The predicted molar refractivity (Wildman–Crippen MR) is 87.0 cm³/mol. The lowest BCUT2D eigenvalue weighted by Gasteiger charge is -2.10. The first kappa shape index (κ1) is 15.9. The molecule has 8 heteroatoms. The molecule has 0 saturated heterocycles. The lowest BCUT2D eigenvalue weighted by Crippen LogP contribution is -2.08. The number of rotatable bonds is 7. The van der Waals surface area contributed by atoms with Gasteiger partial charge in [0, 0.05) is 17.7 Å². The topological polar surface area (TPSA) is 65.7 Å². The maximum absolute atomic E-state index is 5.58. The van der Waals surface area contributed by atoms with Crippen molar-refractivity contribution in [2.75, 3.05) is 6.61 Å². The number of thiazole rings is 1. The molecule has 0 radical (unpaired) electrons. The molecule has 6 nitrogen and oxygen atoms in total. The van der Waals surface area contributed by atoms with Crippen LogP contribution in [-0.2, 0) is 10.5 Å². The van der Waals surface area contributed by atoms with Crippen LogP contribution in [0.1, 0.15) is 62.4 Å². The molecule has 1 fully saturated rings. The Morgan fingerprint density at radius 3 is 3.05 bits per heavy atom. The standard InChI is InChI=1S/C14H21N5OS2/c1-3-20-10(2)13-15-11(8-21-13)9-22-14-16-17-18-19(14)12-6-4-5-7-12/h8,10,12H,3-7,9H2,1-2H3/t10-/m0/s1. The van der Waals surface area contributed by atoms with E-state index in [2.05, 4.69) is 25.9 Å². The highest BCUT2D eigenvalue weighted by Gasteiger charge is 2.21. The highest BCUT2D eigenvalue weighted by atomic mass is 32.2. The SMILES string of the molecule is CCO[C@@H](C)c1nc(CSc2nnnn2C2CCCC2)cs1. The Hall–Kier alpha value is -0.990. The van der Waals surface area contributed by atoms with Crippen LogP contribution in [0.25, 0.3) is 0 Å². The highest BCUT2D eigenvalue weighted by Crippen LogP contribution is 2.32. The molecule has 2 aromatic heterocycles. The van der Waals surface area contributed by atoms with Gasteiger partial charge in [-0.1, -0.05) is 24.6 Å². The Morgan fingerprint density at radius 2 is 2.27 bits per heavy atom. The molecule has 1 aliphatic carbocycles. The van der Waals surface area contributed by atoms with E-state index in [-0.39, 0.29) is 6.10 Å². The average Bonchev–Trinajstić information content (AvgIpc) is 3.25. The predicted octanol–water partition coefficient (Wildman–Crippen LogP) is 3.63. The van der Waals surface area contributed by atoms with Gasteiger partial charge in [-0.15, -0.1) is 16.4 Å². The summed E-state index contributed by atoms with van der Waals surface area (Å²) in [5, 5.41) is 16.2. The lowest BCUT2D eigenvalue weighted by molar-refractivity contribution is 0.0761. The van der Waals surface area contributed by atoms with Gasteiger partial charge in [-0.25, -0.2) is 9.67 Å². The fourth-order valence-electron chi connectivity index (χ4n) is 2.69. The van der Waals surface area contributed by atoms with Gasteiger partial charge in [-0.2, -0.15) is 0 Å². The molecule has 0 aliphatic heterocycles. The second-order valence-electron chi connectivity index (χ2n) is 5.41. The van der Waals surface area contributed by atoms with Crippen molar-refractivity contribution in [3.05, 3.63) is 16.1 Å². The average molecular weight is 339 g/mol. The van der Waals surface area contributed by atoms with Crippen LogP contribution in [-0.4, -0.2) is 31.8 Å². The van der Waals surface area contributed by atoms with Gasteiger partial charge in [0.25, 0.3) is 0 Å². The molecular weight excluding hydrogens is 318 g/mol. The fraction of sp³-hybridized carbons (Fsp3) is 0.714. The summed E-state index contributed by atoms with van der Waals surface area (Å²) >= 11 is 3.32. The summed E-state index contributed by atoms with van der Waals surface area (Å²) in [7, 11) is 0. The van der Waals surface area contributed by atoms with Crippen LogP contribution >= 0.6 is 23.1 Å². The number of hydrogen-bond acceptors (Lipinski definition) is 7. The maximum atomic E-state index is 5.58. The van der Waals surface area contributed by atoms with Gasteiger partial charge in [-0.3, -0.25) is 0 Å². The summed E-state index contributed by atoms with van der Waals surface area (Å²) < 4.78 is 7.58. The number of hydrogen-bond donors (Lipinski definition) is 0. The van der Waals surface area contributed by atoms with E-state index in [4.69, 9.17) is 4.74 Å². The quantitative estimate of drug-likeness (QED) is 0.718. The second kappa shape index (κ2) is 7.52. The smallest absolute Gasteiger partial charge is 0.209 e. The maximum Gasteiger partial charge on any atom is 0.209 e. The van der Waals surface area contributed by atoms with Crippen LogP contribution in [0.3, 0.4) is 0 Å². The van der Waals surface area contributed by atoms with Crippen LogP contribution in [0.15, 0.2) is 10.5 Å². The summed E-state index contributed by atoms with van der Waals surface area (Å²) in [6.45, 7) is 4.75. The molecule has 0 bridgehead atoms. The molecule has 2 aromatic rings. The molecule has 0 N–H and O–H groups in total. The van der Waals surface area contributed by atoms with Crippen molar-refractivity contribution < 1.29 is 4.74 Å². The minimum Gasteiger partial charge on any atom is -0.372 e. The van der Waals surface area contributed by atoms with Gasteiger partial charge < -0.3 is 4.74 Å².